The van der Waals surface area contributed by atoms with Crippen molar-refractivity contribution in [1.82, 2.24) is 4.90 Å². The Labute approximate surface area is 94.6 Å². The van der Waals surface area contributed by atoms with E-state index in [4.69, 9.17) is 10.5 Å². The Kier molecular flexibility index (Phi) is 2.83. The van der Waals surface area contributed by atoms with Crippen molar-refractivity contribution in [3.63, 3.8) is 0 Å². The molecule has 1 atom stereocenters. The zero-order valence-corrected chi connectivity index (χ0v) is 9.83. The lowest BCUT2D eigenvalue weighted by Crippen LogP contribution is -2.46. The van der Waals surface area contributed by atoms with Crippen molar-refractivity contribution in [2.24, 2.45) is 5.73 Å². The molecule has 0 radical (unpaired) electrons. The Morgan fingerprint density at radius 3 is 2.88 bits per heavy atom. The molecular formula is C9H16N2O4S. The average Bonchev–Trinajstić information content (AvgIpc) is 2.41. The molecule has 0 aromatic heterocycles. The smallest absolute Gasteiger partial charge is 0.410 e. The predicted octanol–water partition coefficient (Wildman–Crippen LogP) is -0.655. The van der Waals surface area contributed by atoms with Crippen LogP contribution in [0.2, 0.25) is 0 Å². The molecule has 16 heavy (non-hydrogen) atoms. The van der Waals surface area contributed by atoms with E-state index in [1.165, 1.54) is 4.90 Å². The van der Waals surface area contributed by atoms with Crippen LogP contribution in [0.25, 0.3) is 0 Å². The minimum Gasteiger partial charge on any atom is -0.440 e. The van der Waals surface area contributed by atoms with Gasteiger partial charge in [0.1, 0.15) is 5.60 Å². The highest BCUT2D eigenvalue weighted by Crippen LogP contribution is 2.32. The van der Waals surface area contributed by atoms with Crippen molar-refractivity contribution >= 4 is 15.9 Å². The molecule has 0 aliphatic carbocycles. The summed E-state index contributed by atoms with van der Waals surface area (Å²) < 4.78 is 28.3. The molecule has 2 saturated heterocycles. The number of hydrogen-bond donors (Lipinski definition) is 1. The Morgan fingerprint density at radius 2 is 2.25 bits per heavy atom. The summed E-state index contributed by atoms with van der Waals surface area (Å²) in [5.74, 6) is 0.149. The lowest BCUT2D eigenvalue weighted by molar-refractivity contribution is 0.0641. The summed E-state index contributed by atoms with van der Waals surface area (Å²) >= 11 is 0. The normalized spacial score (nSPS) is 33.1. The molecule has 2 rings (SSSR count). The second-order valence-corrected chi connectivity index (χ2v) is 6.64. The third kappa shape index (κ3) is 2.15. The molecule has 0 bridgehead atoms. The van der Waals surface area contributed by atoms with Crippen LogP contribution in [0.4, 0.5) is 4.79 Å². The van der Waals surface area contributed by atoms with Crippen LogP contribution >= 0.6 is 0 Å². The largest absolute Gasteiger partial charge is 0.440 e. The molecule has 0 aromatic rings. The minimum absolute atomic E-state index is 0.0488. The summed E-state index contributed by atoms with van der Waals surface area (Å²) in [6, 6.07) is 0. The highest BCUT2D eigenvalue weighted by molar-refractivity contribution is 7.91. The Morgan fingerprint density at radius 1 is 1.50 bits per heavy atom. The first kappa shape index (κ1) is 11.7. The molecule has 1 spiro atoms. The molecule has 1 unspecified atom stereocenters. The zero-order chi connectivity index (χ0) is 11.8. The van der Waals surface area contributed by atoms with E-state index in [2.05, 4.69) is 0 Å². The summed E-state index contributed by atoms with van der Waals surface area (Å²) in [5.41, 5.74) is 4.56. The van der Waals surface area contributed by atoms with E-state index in [0.717, 1.165) is 0 Å². The van der Waals surface area contributed by atoms with Crippen molar-refractivity contribution < 1.29 is 17.9 Å². The molecule has 0 saturated carbocycles. The topological polar surface area (TPSA) is 89.7 Å². The molecule has 2 fully saturated rings. The van der Waals surface area contributed by atoms with Gasteiger partial charge in [-0.2, -0.15) is 0 Å². The maximum Gasteiger partial charge on any atom is 0.410 e. The van der Waals surface area contributed by atoms with Crippen LogP contribution in [0, 0.1) is 0 Å². The molecule has 2 heterocycles. The molecule has 92 valence electrons. The first-order chi connectivity index (χ1) is 7.46. The van der Waals surface area contributed by atoms with Crippen molar-refractivity contribution in [3.8, 4) is 0 Å². The summed E-state index contributed by atoms with van der Waals surface area (Å²) in [4.78, 5) is 13.0. The summed E-state index contributed by atoms with van der Waals surface area (Å²) in [6.45, 7) is 1.13. The molecule has 1 amide bonds. The van der Waals surface area contributed by atoms with Gasteiger partial charge in [-0.3, -0.25) is 0 Å². The van der Waals surface area contributed by atoms with Gasteiger partial charge in [-0.05, 0) is 12.8 Å². The van der Waals surface area contributed by atoms with Crippen molar-refractivity contribution in [3.05, 3.63) is 0 Å². The van der Waals surface area contributed by atoms with Crippen molar-refractivity contribution in [2.75, 3.05) is 31.1 Å². The van der Waals surface area contributed by atoms with Gasteiger partial charge < -0.3 is 15.4 Å². The number of hydrogen-bond acceptors (Lipinski definition) is 5. The third-order valence-electron chi connectivity index (χ3n) is 3.01. The highest BCUT2D eigenvalue weighted by Gasteiger charge is 2.49. The summed E-state index contributed by atoms with van der Waals surface area (Å²) in [6.07, 6.45) is 0.744. The van der Waals surface area contributed by atoms with Crippen LogP contribution in [0.15, 0.2) is 0 Å². The van der Waals surface area contributed by atoms with E-state index in [0.29, 0.717) is 32.5 Å². The van der Waals surface area contributed by atoms with Gasteiger partial charge in [0.25, 0.3) is 0 Å². The Balaban J connectivity index is 2.13. The molecule has 2 aliphatic heterocycles. The van der Waals surface area contributed by atoms with E-state index in [9.17, 15) is 13.2 Å². The number of rotatable bonds is 2. The summed E-state index contributed by atoms with van der Waals surface area (Å²) in [7, 11) is -3.07. The monoisotopic (exact) mass is 248 g/mol. The maximum atomic E-state index is 11.5. The molecule has 0 aromatic carbocycles. The maximum absolute atomic E-state index is 11.5. The highest BCUT2D eigenvalue weighted by atomic mass is 32.2. The van der Waals surface area contributed by atoms with Crippen LogP contribution in [0.3, 0.4) is 0 Å². The molecule has 2 N–H and O–H groups in total. The quantitative estimate of drug-likeness (QED) is 0.701. The number of nitrogens with two attached hydrogens (primary N) is 1. The fraction of sp³-hybridized carbons (Fsp3) is 0.889. The Hall–Kier alpha value is -0.820. The third-order valence-corrected chi connectivity index (χ3v) is 4.89. The van der Waals surface area contributed by atoms with E-state index < -0.39 is 21.5 Å². The van der Waals surface area contributed by atoms with E-state index in [-0.39, 0.29) is 11.5 Å². The number of carbonyl (C=O) groups excluding carboxylic acids is 1. The fourth-order valence-corrected chi connectivity index (χ4v) is 4.21. The van der Waals surface area contributed by atoms with E-state index in [1.807, 2.05) is 0 Å². The van der Waals surface area contributed by atoms with E-state index in [1.54, 1.807) is 0 Å². The number of amides is 1. The Bertz CT molecular complexity index is 394. The van der Waals surface area contributed by atoms with Gasteiger partial charge in [0.2, 0.25) is 0 Å². The molecular weight excluding hydrogens is 232 g/mol. The van der Waals surface area contributed by atoms with Gasteiger partial charge in [0.05, 0.1) is 18.1 Å². The SMILES string of the molecule is NCCN1CC2(CCCS(=O)(=O)C2)OC1=O. The van der Waals surface area contributed by atoms with Gasteiger partial charge in [0, 0.05) is 13.1 Å². The lowest BCUT2D eigenvalue weighted by atomic mass is 10.00. The van der Waals surface area contributed by atoms with Crippen molar-refractivity contribution in [2.45, 2.75) is 18.4 Å². The number of ether oxygens (including phenoxy) is 1. The minimum atomic E-state index is -3.07. The number of nitrogens with zero attached hydrogens (tertiary/aromatic N) is 1. The van der Waals surface area contributed by atoms with Gasteiger partial charge >= 0.3 is 6.09 Å². The predicted molar refractivity (Wildman–Crippen MR) is 57.7 cm³/mol. The average molecular weight is 248 g/mol. The van der Waals surface area contributed by atoms with Gasteiger partial charge in [-0.1, -0.05) is 0 Å². The molecule has 2 aliphatic rings. The molecule has 6 nitrogen and oxygen atoms in total. The number of carbonyl (C=O) groups is 1. The number of sulfone groups is 1. The van der Waals surface area contributed by atoms with Gasteiger partial charge in [-0.25, -0.2) is 13.2 Å². The van der Waals surface area contributed by atoms with Crippen LogP contribution in [-0.4, -0.2) is 56.2 Å². The summed E-state index contributed by atoms with van der Waals surface area (Å²) in [5, 5.41) is 0. The molecule has 7 heteroatoms. The second-order valence-electron chi connectivity index (χ2n) is 4.46. The van der Waals surface area contributed by atoms with Gasteiger partial charge in [0.15, 0.2) is 9.84 Å². The van der Waals surface area contributed by atoms with Gasteiger partial charge in [-0.15, -0.1) is 0 Å². The van der Waals surface area contributed by atoms with Crippen LogP contribution in [-0.2, 0) is 14.6 Å². The second kappa shape index (κ2) is 3.89. The standard InChI is InChI=1S/C9H16N2O4S/c10-3-4-11-6-9(15-8(11)12)2-1-5-16(13,14)7-9/h1-7,10H2. The van der Waals surface area contributed by atoms with Crippen LogP contribution in [0.1, 0.15) is 12.8 Å². The fourth-order valence-electron chi connectivity index (χ4n) is 2.39. The first-order valence-corrected chi connectivity index (χ1v) is 7.17. The van der Waals surface area contributed by atoms with Crippen LogP contribution < -0.4 is 5.73 Å². The van der Waals surface area contributed by atoms with Crippen molar-refractivity contribution in [1.29, 1.82) is 0 Å². The van der Waals surface area contributed by atoms with Crippen LogP contribution in [0.5, 0.6) is 0 Å². The lowest BCUT2D eigenvalue weighted by Gasteiger charge is -2.30. The van der Waals surface area contributed by atoms with E-state index >= 15 is 0 Å². The first-order valence-electron chi connectivity index (χ1n) is 5.35. The zero-order valence-electron chi connectivity index (χ0n) is 9.02.